The molecule has 0 aromatic rings. The van der Waals surface area contributed by atoms with Gasteiger partial charge in [0.2, 0.25) is 5.91 Å². The Labute approximate surface area is 132 Å². The lowest BCUT2D eigenvalue weighted by Crippen LogP contribution is -2.56. The van der Waals surface area contributed by atoms with Crippen LogP contribution in [0.15, 0.2) is 0 Å². The van der Waals surface area contributed by atoms with Crippen LogP contribution in [-0.2, 0) is 14.3 Å². The molecule has 3 rings (SSSR count). The minimum absolute atomic E-state index is 0.146. The Morgan fingerprint density at radius 3 is 2.45 bits per heavy atom. The minimum Gasteiger partial charge on any atom is -0.368 e. The van der Waals surface area contributed by atoms with Crippen molar-refractivity contribution in [2.45, 2.75) is 38.3 Å². The number of ether oxygens (including phenoxy) is 1. The van der Waals surface area contributed by atoms with E-state index in [1.165, 1.54) is 0 Å². The maximum atomic E-state index is 12.5. The standard InChI is InChI=1S/C16H27N3O3/c1-12-5-10-22-15(12)16(21)18-6-3-13(4-7-18)19-9-8-17(2)11-14(19)20/h12-13,15H,3-11H2,1-2H3/t12-,15+/m1/s1. The molecule has 6 heteroatoms. The van der Waals surface area contributed by atoms with Gasteiger partial charge in [-0.2, -0.15) is 0 Å². The monoisotopic (exact) mass is 309 g/mol. The molecule has 3 aliphatic rings. The second kappa shape index (κ2) is 6.54. The molecule has 3 fully saturated rings. The van der Waals surface area contributed by atoms with E-state index in [2.05, 4.69) is 11.8 Å². The average Bonchev–Trinajstić information content (AvgIpc) is 2.93. The molecule has 0 aromatic carbocycles. The smallest absolute Gasteiger partial charge is 0.251 e. The van der Waals surface area contributed by atoms with E-state index in [4.69, 9.17) is 4.74 Å². The quantitative estimate of drug-likeness (QED) is 0.730. The fraction of sp³-hybridized carbons (Fsp3) is 0.875. The summed E-state index contributed by atoms with van der Waals surface area (Å²) >= 11 is 0. The van der Waals surface area contributed by atoms with Crippen molar-refractivity contribution in [2.75, 3.05) is 46.4 Å². The van der Waals surface area contributed by atoms with E-state index in [1.54, 1.807) is 0 Å². The van der Waals surface area contributed by atoms with Gasteiger partial charge >= 0.3 is 0 Å². The summed E-state index contributed by atoms with van der Waals surface area (Å²) in [5.74, 6) is 0.698. The summed E-state index contributed by atoms with van der Waals surface area (Å²) in [7, 11) is 1.99. The number of piperidine rings is 1. The van der Waals surface area contributed by atoms with E-state index in [0.29, 0.717) is 25.1 Å². The van der Waals surface area contributed by atoms with Gasteiger partial charge < -0.3 is 14.5 Å². The Morgan fingerprint density at radius 2 is 1.86 bits per heavy atom. The van der Waals surface area contributed by atoms with Crippen molar-refractivity contribution in [3.8, 4) is 0 Å². The highest BCUT2D eigenvalue weighted by atomic mass is 16.5. The normalized spacial score (nSPS) is 31.8. The number of amides is 2. The summed E-state index contributed by atoms with van der Waals surface area (Å²) in [6, 6.07) is 0.298. The van der Waals surface area contributed by atoms with Gasteiger partial charge in [0.1, 0.15) is 6.10 Å². The lowest BCUT2D eigenvalue weighted by Gasteiger charge is -2.42. The molecule has 0 saturated carbocycles. The maximum absolute atomic E-state index is 12.5. The molecule has 124 valence electrons. The van der Waals surface area contributed by atoms with Crippen molar-refractivity contribution in [2.24, 2.45) is 5.92 Å². The zero-order chi connectivity index (χ0) is 15.7. The van der Waals surface area contributed by atoms with E-state index >= 15 is 0 Å². The zero-order valence-electron chi connectivity index (χ0n) is 13.7. The predicted octanol–water partition coefficient (Wildman–Crippen LogP) is 0.176. The molecule has 6 nitrogen and oxygen atoms in total. The van der Waals surface area contributed by atoms with Gasteiger partial charge in [-0.3, -0.25) is 14.5 Å². The number of piperazine rings is 1. The number of nitrogens with zero attached hydrogens (tertiary/aromatic N) is 3. The van der Waals surface area contributed by atoms with Crippen LogP contribution in [0.4, 0.5) is 0 Å². The number of hydrogen-bond donors (Lipinski definition) is 0. The Hall–Kier alpha value is -1.14. The first-order valence-electron chi connectivity index (χ1n) is 8.44. The van der Waals surface area contributed by atoms with Crippen LogP contribution in [-0.4, -0.2) is 85.0 Å². The summed E-state index contributed by atoms with van der Waals surface area (Å²) in [5, 5.41) is 0. The molecule has 0 bridgehead atoms. The van der Waals surface area contributed by atoms with Gasteiger partial charge in [0.15, 0.2) is 0 Å². The summed E-state index contributed by atoms with van der Waals surface area (Å²) in [6.45, 7) is 6.56. The van der Waals surface area contributed by atoms with Crippen molar-refractivity contribution in [3.05, 3.63) is 0 Å². The second-order valence-electron chi connectivity index (χ2n) is 6.94. The Kier molecular flexibility index (Phi) is 4.68. The molecule has 0 aromatic heterocycles. The minimum atomic E-state index is -0.248. The van der Waals surface area contributed by atoms with Crippen molar-refractivity contribution in [1.29, 1.82) is 0 Å². The van der Waals surface area contributed by atoms with Crippen LogP contribution in [0, 0.1) is 5.92 Å². The lowest BCUT2D eigenvalue weighted by atomic mass is 9.99. The van der Waals surface area contributed by atoms with Crippen LogP contribution in [0.1, 0.15) is 26.2 Å². The van der Waals surface area contributed by atoms with Crippen molar-refractivity contribution in [3.63, 3.8) is 0 Å². The third kappa shape index (κ3) is 3.13. The van der Waals surface area contributed by atoms with Crippen LogP contribution in [0.5, 0.6) is 0 Å². The van der Waals surface area contributed by atoms with Crippen LogP contribution in [0.25, 0.3) is 0 Å². The number of likely N-dealkylation sites (N-methyl/N-ethyl adjacent to an activating group) is 1. The first-order valence-corrected chi connectivity index (χ1v) is 8.44. The average molecular weight is 309 g/mol. The second-order valence-corrected chi connectivity index (χ2v) is 6.94. The van der Waals surface area contributed by atoms with Gasteiger partial charge in [-0.15, -0.1) is 0 Å². The van der Waals surface area contributed by atoms with Crippen LogP contribution in [0.2, 0.25) is 0 Å². The van der Waals surface area contributed by atoms with Gasteiger partial charge in [0.25, 0.3) is 5.91 Å². The molecule has 3 saturated heterocycles. The van der Waals surface area contributed by atoms with E-state index in [9.17, 15) is 9.59 Å². The molecule has 0 aliphatic carbocycles. The predicted molar refractivity (Wildman–Crippen MR) is 82.3 cm³/mol. The van der Waals surface area contributed by atoms with Gasteiger partial charge in [-0.25, -0.2) is 0 Å². The Bertz CT molecular complexity index is 434. The summed E-state index contributed by atoms with van der Waals surface area (Å²) in [4.78, 5) is 30.7. The zero-order valence-corrected chi connectivity index (χ0v) is 13.7. The topological polar surface area (TPSA) is 53.1 Å². The van der Waals surface area contributed by atoms with Crippen molar-refractivity contribution >= 4 is 11.8 Å². The SMILES string of the molecule is C[C@@H]1CCO[C@@H]1C(=O)N1CCC(N2CCN(C)CC2=O)CC1. The molecular formula is C16H27N3O3. The molecule has 22 heavy (non-hydrogen) atoms. The third-order valence-corrected chi connectivity index (χ3v) is 5.30. The fourth-order valence-electron chi connectivity index (χ4n) is 3.78. The van der Waals surface area contributed by atoms with E-state index < -0.39 is 0 Å². The van der Waals surface area contributed by atoms with Crippen LogP contribution >= 0.6 is 0 Å². The first kappa shape index (κ1) is 15.7. The molecule has 3 aliphatic heterocycles. The molecule has 2 amide bonds. The van der Waals surface area contributed by atoms with Crippen molar-refractivity contribution < 1.29 is 14.3 Å². The number of rotatable bonds is 2. The fourth-order valence-corrected chi connectivity index (χ4v) is 3.78. The molecular weight excluding hydrogens is 282 g/mol. The highest BCUT2D eigenvalue weighted by molar-refractivity contribution is 5.82. The van der Waals surface area contributed by atoms with E-state index in [0.717, 1.165) is 45.4 Å². The van der Waals surface area contributed by atoms with Gasteiger partial charge in [-0.05, 0) is 32.2 Å². The lowest BCUT2D eigenvalue weighted by molar-refractivity contribution is -0.145. The number of carbonyl (C=O) groups excluding carboxylic acids is 2. The summed E-state index contributed by atoms with van der Waals surface area (Å²) < 4.78 is 5.59. The molecule has 0 N–H and O–H groups in total. The number of likely N-dealkylation sites (tertiary alicyclic amines) is 1. The molecule has 0 radical (unpaired) electrons. The van der Waals surface area contributed by atoms with Gasteiger partial charge in [-0.1, -0.05) is 6.92 Å². The van der Waals surface area contributed by atoms with Crippen LogP contribution < -0.4 is 0 Å². The van der Waals surface area contributed by atoms with Crippen molar-refractivity contribution in [1.82, 2.24) is 14.7 Å². The van der Waals surface area contributed by atoms with E-state index in [-0.39, 0.29) is 17.9 Å². The van der Waals surface area contributed by atoms with Gasteiger partial charge in [0.05, 0.1) is 6.54 Å². The maximum Gasteiger partial charge on any atom is 0.251 e. The Balaban J connectivity index is 1.52. The molecule has 0 spiro atoms. The Morgan fingerprint density at radius 1 is 1.14 bits per heavy atom. The van der Waals surface area contributed by atoms with Gasteiger partial charge in [0, 0.05) is 38.8 Å². The molecule has 0 unspecified atom stereocenters. The highest BCUT2D eigenvalue weighted by Gasteiger charge is 2.37. The first-order chi connectivity index (χ1) is 10.6. The number of hydrogen-bond acceptors (Lipinski definition) is 4. The molecule has 2 atom stereocenters. The molecule has 3 heterocycles. The van der Waals surface area contributed by atoms with Crippen LogP contribution in [0.3, 0.4) is 0 Å². The largest absolute Gasteiger partial charge is 0.368 e. The summed E-state index contributed by atoms with van der Waals surface area (Å²) in [6.07, 6.45) is 2.51. The van der Waals surface area contributed by atoms with E-state index in [1.807, 2.05) is 16.8 Å². The number of carbonyl (C=O) groups is 2. The third-order valence-electron chi connectivity index (χ3n) is 5.30. The highest BCUT2D eigenvalue weighted by Crippen LogP contribution is 2.25. The summed E-state index contributed by atoms with van der Waals surface area (Å²) in [5.41, 5.74) is 0.